The summed E-state index contributed by atoms with van der Waals surface area (Å²) in [4.78, 5) is 0. The highest BCUT2D eigenvalue weighted by atomic mass is 79.9. The van der Waals surface area contributed by atoms with Crippen molar-refractivity contribution in [3.05, 3.63) is 0 Å². The highest BCUT2D eigenvalue weighted by molar-refractivity contribution is 9.24. The molecule has 10 heavy (non-hydrogen) atoms. The second-order valence-corrected chi connectivity index (χ2v) is 4.27. The first-order valence-electron chi connectivity index (χ1n) is 4.27. The molecule has 2 atom stereocenters. The first-order valence-corrected chi connectivity index (χ1v) is 5.19. The molecular formula is C8H18BBr. The maximum Gasteiger partial charge on any atom is 0.228 e. The van der Waals surface area contributed by atoms with Gasteiger partial charge in [-0.2, -0.15) is 15.8 Å². The van der Waals surface area contributed by atoms with E-state index < -0.39 is 0 Å². The first-order chi connectivity index (χ1) is 4.63. The molecule has 0 aliphatic rings. The van der Waals surface area contributed by atoms with Gasteiger partial charge in [-0.25, -0.2) is 0 Å². The van der Waals surface area contributed by atoms with E-state index in [1.54, 1.807) is 0 Å². The average molecular weight is 205 g/mol. The number of hydrogen-bond acceptors (Lipinski definition) is 0. The number of rotatable bonds is 4. The van der Waals surface area contributed by atoms with Gasteiger partial charge in [0.05, 0.1) is 0 Å². The molecule has 0 amide bonds. The first kappa shape index (κ1) is 10.5. The van der Waals surface area contributed by atoms with Crippen LogP contribution in [0.15, 0.2) is 0 Å². The smallest absolute Gasteiger partial charge is 0.156 e. The van der Waals surface area contributed by atoms with Gasteiger partial charge in [0.15, 0.2) is 0 Å². The molecule has 0 saturated heterocycles. The number of halogens is 1. The summed E-state index contributed by atoms with van der Waals surface area (Å²) < 4.78 is 0. The second kappa shape index (κ2) is 5.23. The summed E-state index contributed by atoms with van der Waals surface area (Å²) in [5, 5.41) is 0. The van der Waals surface area contributed by atoms with E-state index >= 15 is 0 Å². The van der Waals surface area contributed by atoms with Crippen LogP contribution in [0, 0.1) is 0 Å². The van der Waals surface area contributed by atoms with Crippen molar-refractivity contribution in [2.45, 2.75) is 52.2 Å². The van der Waals surface area contributed by atoms with Crippen molar-refractivity contribution in [2.24, 2.45) is 0 Å². The minimum atomic E-state index is 0.711. The van der Waals surface area contributed by atoms with E-state index in [0.717, 1.165) is 11.6 Å². The lowest BCUT2D eigenvalue weighted by atomic mass is 9.54. The zero-order valence-electron chi connectivity index (χ0n) is 7.52. The Labute approximate surface area is 73.8 Å². The van der Waals surface area contributed by atoms with E-state index in [0.29, 0.717) is 5.54 Å². The molecule has 0 N–H and O–H groups in total. The molecule has 0 rings (SSSR count). The zero-order chi connectivity index (χ0) is 8.15. The normalized spacial score (nSPS) is 16.5. The van der Waals surface area contributed by atoms with Crippen molar-refractivity contribution in [1.29, 1.82) is 0 Å². The fourth-order valence-electron chi connectivity index (χ4n) is 1.01. The maximum absolute atomic E-state index is 3.73. The predicted molar refractivity (Wildman–Crippen MR) is 54.1 cm³/mol. The van der Waals surface area contributed by atoms with Crippen LogP contribution in [0.25, 0.3) is 0 Å². The van der Waals surface area contributed by atoms with E-state index in [4.69, 9.17) is 0 Å². The van der Waals surface area contributed by atoms with E-state index in [-0.39, 0.29) is 0 Å². The Morgan fingerprint density at radius 3 is 1.60 bits per heavy atom. The van der Waals surface area contributed by atoms with Gasteiger partial charge in [-0.15, -0.1) is 0 Å². The predicted octanol–water partition coefficient (Wildman–Crippen LogP) is 3.97. The van der Waals surface area contributed by atoms with Crippen LogP contribution in [0.2, 0.25) is 11.6 Å². The zero-order valence-corrected chi connectivity index (χ0v) is 9.11. The molecule has 60 valence electrons. The van der Waals surface area contributed by atoms with Gasteiger partial charge in [0.1, 0.15) is 0 Å². The number of hydrogen-bond donors (Lipinski definition) is 0. The summed E-state index contributed by atoms with van der Waals surface area (Å²) in [5.74, 6) is 1.63. The summed E-state index contributed by atoms with van der Waals surface area (Å²) in [7, 11) is 0. The van der Waals surface area contributed by atoms with Crippen molar-refractivity contribution < 1.29 is 0 Å². The summed E-state index contributed by atoms with van der Waals surface area (Å²) in [6, 6.07) is 0. The Bertz CT molecular complexity index is 75.3. The minimum absolute atomic E-state index is 0.711. The van der Waals surface area contributed by atoms with Crippen molar-refractivity contribution in [3.8, 4) is 0 Å². The molecule has 0 fully saturated rings. The third-order valence-corrected chi connectivity index (χ3v) is 4.18. The minimum Gasteiger partial charge on any atom is -0.156 e. The highest BCUT2D eigenvalue weighted by Crippen LogP contribution is 2.29. The Kier molecular flexibility index (Phi) is 5.51. The Morgan fingerprint density at radius 1 is 1.10 bits per heavy atom. The van der Waals surface area contributed by atoms with Crippen LogP contribution in [0.5, 0.6) is 0 Å². The average Bonchev–Trinajstić information content (AvgIpc) is 2.00. The summed E-state index contributed by atoms with van der Waals surface area (Å²) in [6.07, 6.45) is 2.56. The molecule has 0 saturated carbocycles. The molecule has 0 aromatic heterocycles. The van der Waals surface area contributed by atoms with Gasteiger partial charge >= 0.3 is 0 Å². The quantitative estimate of drug-likeness (QED) is 0.609. The van der Waals surface area contributed by atoms with E-state index in [2.05, 4.69) is 43.5 Å². The van der Waals surface area contributed by atoms with Crippen molar-refractivity contribution >= 4 is 21.3 Å². The van der Waals surface area contributed by atoms with Gasteiger partial charge in [0.2, 0.25) is 5.54 Å². The van der Waals surface area contributed by atoms with Crippen molar-refractivity contribution in [2.75, 3.05) is 0 Å². The van der Waals surface area contributed by atoms with Crippen LogP contribution < -0.4 is 0 Å². The Hall–Kier alpha value is 0.545. The van der Waals surface area contributed by atoms with Crippen LogP contribution in [0.1, 0.15) is 40.5 Å². The lowest BCUT2D eigenvalue weighted by Crippen LogP contribution is -2.15. The fourth-order valence-corrected chi connectivity index (χ4v) is 1.76. The van der Waals surface area contributed by atoms with Gasteiger partial charge in [-0.3, -0.25) is 0 Å². The van der Waals surface area contributed by atoms with E-state index in [1.165, 1.54) is 12.8 Å². The van der Waals surface area contributed by atoms with E-state index in [1.807, 2.05) is 0 Å². The molecule has 0 radical (unpaired) electrons. The van der Waals surface area contributed by atoms with Gasteiger partial charge in [0.25, 0.3) is 0 Å². The molecule has 0 aliphatic carbocycles. The lowest BCUT2D eigenvalue weighted by Gasteiger charge is -2.18. The van der Waals surface area contributed by atoms with Crippen LogP contribution in [-0.4, -0.2) is 5.54 Å². The van der Waals surface area contributed by atoms with Crippen molar-refractivity contribution in [3.63, 3.8) is 0 Å². The molecule has 0 bridgehead atoms. The van der Waals surface area contributed by atoms with Crippen molar-refractivity contribution in [1.82, 2.24) is 0 Å². The molecule has 2 heteroatoms. The summed E-state index contributed by atoms with van der Waals surface area (Å²) in [5.41, 5.74) is 0.711. The van der Waals surface area contributed by atoms with Gasteiger partial charge in [-0.05, 0) is 0 Å². The molecule has 0 nitrogen and oxygen atoms in total. The third-order valence-electron chi connectivity index (χ3n) is 2.38. The van der Waals surface area contributed by atoms with Crippen LogP contribution in [0.4, 0.5) is 0 Å². The van der Waals surface area contributed by atoms with Crippen LogP contribution in [-0.2, 0) is 0 Å². The van der Waals surface area contributed by atoms with E-state index in [9.17, 15) is 0 Å². The Morgan fingerprint density at radius 2 is 1.40 bits per heavy atom. The van der Waals surface area contributed by atoms with Gasteiger partial charge in [-0.1, -0.05) is 52.2 Å². The topological polar surface area (TPSA) is 0 Å². The molecule has 0 aromatic rings. The lowest BCUT2D eigenvalue weighted by molar-refractivity contribution is 0.799. The second-order valence-electron chi connectivity index (χ2n) is 3.22. The standard InChI is InChI=1S/C8H18BBr/c1-5-7(3)9(10)8(4)6-2/h7-8H,5-6H2,1-4H3. The summed E-state index contributed by atoms with van der Waals surface area (Å²) in [6.45, 7) is 9.12. The highest BCUT2D eigenvalue weighted by Gasteiger charge is 2.22. The summed E-state index contributed by atoms with van der Waals surface area (Å²) >= 11 is 3.73. The van der Waals surface area contributed by atoms with Gasteiger partial charge < -0.3 is 0 Å². The SMILES string of the molecule is CCC(C)B(Br)C(C)CC. The van der Waals surface area contributed by atoms with Crippen LogP contribution in [0.3, 0.4) is 0 Å². The molecular weight excluding hydrogens is 187 g/mol. The molecule has 0 heterocycles. The molecule has 0 spiro atoms. The fraction of sp³-hybridized carbons (Fsp3) is 1.00. The molecule has 2 unspecified atom stereocenters. The van der Waals surface area contributed by atoms with Crippen LogP contribution >= 0.6 is 15.8 Å². The molecule has 0 aromatic carbocycles. The van der Waals surface area contributed by atoms with Gasteiger partial charge in [0, 0.05) is 0 Å². The molecule has 0 aliphatic heterocycles. The maximum atomic E-state index is 3.73. The Balaban J connectivity index is 3.69. The largest absolute Gasteiger partial charge is 0.228 e. The third kappa shape index (κ3) is 3.09. The monoisotopic (exact) mass is 204 g/mol.